The van der Waals surface area contributed by atoms with Gasteiger partial charge in [-0.15, -0.1) is 0 Å². The zero-order chi connectivity index (χ0) is 19.5. The van der Waals surface area contributed by atoms with Crippen molar-refractivity contribution in [2.75, 3.05) is 11.9 Å². The number of rotatable bonds is 6. The first-order chi connectivity index (χ1) is 13.6. The van der Waals surface area contributed by atoms with Crippen LogP contribution in [0.15, 0.2) is 79.1 Å². The lowest BCUT2D eigenvalue weighted by Gasteiger charge is -2.18. The van der Waals surface area contributed by atoms with Gasteiger partial charge in [-0.05, 0) is 52.9 Å². The van der Waals surface area contributed by atoms with Crippen molar-refractivity contribution >= 4 is 22.7 Å². The van der Waals surface area contributed by atoms with Gasteiger partial charge in [0.15, 0.2) is 0 Å². The molecule has 0 unspecified atom stereocenters. The molecule has 2 heterocycles. The minimum absolute atomic E-state index is 0.345. The Morgan fingerprint density at radius 3 is 2.68 bits per heavy atom. The fraction of sp³-hybridized carbons (Fsp3) is 0.130. The van der Waals surface area contributed by atoms with Crippen molar-refractivity contribution in [3.05, 3.63) is 95.8 Å². The van der Waals surface area contributed by atoms with Gasteiger partial charge in [-0.1, -0.05) is 30.3 Å². The fourth-order valence-corrected chi connectivity index (χ4v) is 3.47. The maximum Gasteiger partial charge on any atom is 0.336 e. The summed E-state index contributed by atoms with van der Waals surface area (Å²) >= 11 is 0. The van der Waals surface area contributed by atoms with Crippen LogP contribution in [-0.2, 0) is 13.1 Å². The molecule has 5 nitrogen and oxygen atoms in total. The van der Waals surface area contributed by atoms with E-state index in [0.29, 0.717) is 12.1 Å². The molecule has 4 rings (SSSR count). The number of hydrogen-bond donors (Lipinski definition) is 1. The molecule has 5 heteroatoms. The van der Waals surface area contributed by atoms with Crippen LogP contribution in [0.5, 0.6) is 0 Å². The van der Waals surface area contributed by atoms with Gasteiger partial charge >= 0.3 is 5.97 Å². The third-order valence-electron chi connectivity index (χ3n) is 4.88. The summed E-state index contributed by atoms with van der Waals surface area (Å²) in [6, 6.07) is 21.5. The van der Waals surface area contributed by atoms with Gasteiger partial charge in [-0.2, -0.15) is 0 Å². The Bertz CT molecular complexity index is 1120. The maximum absolute atomic E-state index is 11.5. The van der Waals surface area contributed by atoms with Gasteiger partial charge in [0, 0.05) is 38.0 Å². The number of pyridine rings is 1. The quantitative estimate of drug-likeness (QED) is 0.545. The number of fused-ring (bicyclic) bond motifs is 1. The van der Waals surface area contributed by atoms with Crippen molar-refractivity contribution in [3.8, 4) is 0 Å². The van der Waals surface area contributed by atoms with E-state index in [0.717, 1.165) is 28.8 Å². The molecule has 28 heavy (non-hydrogen) atoms. The van der Waals surface area contributed by atoms with Crippen LogP contribution in [0, 0.1) is 0 Å². The van der Waals surface area contributed by atoms with Crippen LogP contribution in [0.1, 0.15) is 21.5 Å². The Morgan fingerprint density at radius 2 is 1.89 bits per heavy atom. The van der Waals surface area contributed by atoms with Crippen LogP contribution >= 0.6 is 0 Å². The first kappa shape index (κ1) is 17.8. The number of carbonyl (C=O) groups is 1. The Labute approximate surface area is 163 Å². The number of carboxylic acid groups (broad SMARTS) is 1. The first-order valence-corrected chi connectivity index (χ1v) is 9.13. The Balaban J connectivity index is 1.58. The Kier molecular flexibility index (Phi) is 4.81. The Morgan fingerprint density at radius 1 is 1.07 bits per heavy atom. The molecule has 0 fully saturated rings. The highest BCUT2D eigenvalue weighted by molar-refractivity contribution is 5.89. The molecule has 0 spiro atoms. The third-order valence-corrected chi connectivity index (χ3v) is 4.88. The molecule has 1 N–H and O–H groups in total. The summed E-state index contributed by atoms with van der Waals surface area (Å²) in [6.07, 6.45) is 3.81. The van der Waals surface area contributed by atoms with Crippen LogP contribution in [0.25, 0.3) is 10.9 Å². The van der Waals surface area contributed by atoms with E-state index in [2.05, 4.69) is 38.7 Å². The average molecular weight is 371 g/mol. The molecule has 0 saturated heterocycles. The number of aromatic carboxylic acids is 1. The molecule has 4 aromatic rings. The smallest absolute Gasteiger partial charge is 0.336 e. The van der Waals surface area contributed by atoms with Crippen LogP contribution < -0.4 is 4.90 Å². The summed E-state index contributed by atoms with van der Waals surface area (Å²) in [5.74, 6) is 0.0392. The van der Waals surface area contributed by atoms with E-state index in [1.807, 2.05) is 43.6 Å². The van der Waals surface area contributed by atoms with Gasteiger partial charge in [0.05, 0.1) is 5.56 Å². The van der Waals surface area contributed by atoms with E-state index < -0.39 is 5.97 Å². The highest BCUT2D eigenvalue weighted by atomic mass is 16.4. The second kappa shape index (κ2) is 7.56. The van der Waals surface area contributed by atoms with Crippen molar-refractivity contribution in [2.45, 2.75) is 13.1 Å². The van der Waals surface area contributed by atoms with Gasteiger partial charge in [0.2, 0.25) is 0 Å². The molecule has 2 aromatic heterocycles. The summed E-state index contributed by atoms with van der Waals surface area (Å²) in [5.41, 5.74) is 3.43. The van der Waals surface area contributed by atoms with Crippen LogP contribution in [0.3, 0.4) is 0 Å². The van der Waals surface area contributed by atoms with Gasteiger partial charge in [-0.3, -0.25) is 0 Å². The number of anilines is 1. The molecule has 0 aliphatic rings. The predicted octanol–water partition coefficient (Wildman–Crippen LogP) is 4.42. The zero-order valence-corrected chi connectivity index (χ0v) is 15.6. The summed E-state index contributed by atoms with van der Waals surface area (Å²) < 4.78 is 2.09. The minimum atomic E-state index is -0.896. The lowest BCUT2D eigenvalue weighted by Crippen LogP contribution is -2.17. The van der Waals surface area contributed by atoms with Crippen LogP contribution in [0.4, 0.5) is 5.82 Å². The summed E-state index contributed by atoms with van der Waals surface area (Å²) in [5, 5.41) is 10.5. The molecule has 2 aromatic carbocycles. The minimum Gasteiger partial charge on any atom is -0.478 e. The molecule has 0 aliphatic carbocycles. The second-order valence-electron chi connectivity index (χ2n) is 6.84. The molecule has 140 valence electrons. The molecule has 0 amide bonds. The van der Waals surface area contributed by atoms with Gasteiger partial charge in [0.25, 0.3) is 0 Å². The topological polar surface area (TPSA) is 58.4 Å². The van der Waals surface area contributed by atoms with E-state index in [-0.39, 0.29) is 0 Å². The lowest BCUT2D eigenvalue weighted by molar-refractivity contribution is 0.0695. The molecular formula is C23H21N3O2. The summed E-state index contributed by atoms with van der Waals surface area (Å²) in [6.45, 7) is 1.29. The van der Waals surface area contributed by atoms with Gasteiger partial charge in [0.1, 0.15) is 5.82 Å². The average Bonchev–Trinajstić information content (AvgIpc) is 3.11. The van der Waals surface area contributed by atoms with Crippen LogP contribution in [0.2, 0.25) is 0 Å². The lowest BCUT2D eigenvalue weighted by atomic mass is 10.1. The van der Waals surface area contributed by atoms with E-state index in [1.165, 1.54) is 5.56 Å². The van der Waals surface area contributed by atoms with E-state index >= 15 is 0 Å². The standard InChI is InChI=1S/C23H21N3O2/c1-25(22-8-4-5-12-24-22)15-17-9-10-21-18(14-17)11-13-26(21)16-19-6-2-3-7-20(19)23(27)28/h2-14H,15-16H2,1H3,(H,27,28). The number of nitrogens with zero attached hydrogens (tertiary/aromatic N) is 3. The molecule has 0 atom stereocenters. The Hall–Kier alpha value is -3.60. The summed E-state index contributed by atoms with van der Waals surface area (Å²) in [7, 11) is 2.03. The molecule has 0 aliphatic heterocycles. The highest BCUT2D eigenvalue weighted by Crippen LogP contribution is 2.22. The fourth-order valence-electron chi connectivity index (χ4n) is 3.47. The van der Waals surface area contributed by atoms with Gasteiger partial charge < -0.3 is 14.6 Å². The number of benzene rings is 2. The van der Waals surface area contributed by atoms with Crippen LogP contribution in [-0.4, -0.2) is 27.7 Å². The SMILES string of the molecule is CN(Cc1ccc2c(ccn2Cc2ccccc2C(=O)O)c1)c1ccccn1. The van der Waals surface area contributed by atoms with E-state index in [1.54, 1.807) is 18.3 Å². The third kappa shape index (κ3) is 3.60. The largest absolute Gasteiger partial charge is 0.478 e. The number of carboxylic acids is 1. The van der Waals surface area contributed by atoms with E-state index in [4.69, 9.17) is 0 Å². The zero-order valence-electron chi connectivity index (χ0n) is 15.6. The molecule has 0 bridgehead atoms. The number of aromatic nitrogens is 2. The molecular weight excluding hydrogens is 350 g/mol. The molecule has 0 radical (unpaired) electrons. The van der Waals surface area contributed by atoms with Crippen molar-refractivity contribution in [1.29, 1.82) is 0 Å². The number of hydrogen-bond acceptors (Lipinski definition) is 3. The maximum atomic E-state index is 11.5. The summed E-state index contributed by atoms with van der Waals surface area (Å²) in [4.78, 5) is 18.0. The monoisotopic (exact) mass is 371 g/mol. The van der Waals surface area contributed by atoms with Crippen molar-refractivity contribution in [2.24, 2.45) is 0 Å². The normalized spacial score (nSPS) is 10.9. The predicted molar refractivity (Wildman–Crippen MR) is 111 cm³/mol. The first-order valence-electron chi connectivity index (χ1n) is 9.13. The highest BCUT2D eigenvalue weighted by Gasteiger charge is 2.11. The van der Waals surface area contributed by atoms with Gasteiger partial charge in [-0.25, -0.2) is 9.78 Å². The van der Waals surface area contributed by atoms with E-state index in [9.17, 15) is 9.90 Å². The van der Waals surface area contributed by atoms with Crippen molar-refractivity contribution in [3.63, 3.8) is 0 Å². The van der Waals surface area contributed by atoms with Crippen molar-refractivity contribution < 1.29 is 9.90 Å². The molecule has 0 saturated carbocycles. The van der Waals surface area contributed by atoms with Crippen molar-refractivity contribution in [1.82, 2.24) is 9.55 Å². The second-order valence-corrected chi connectivity index (χ2v) is 6.84.